The van der Waals surface area contributed by atoms with Gasteiger partial charge >= 0.3 is 36.4 Å². The SMILES string of the molecule is CCN(CC)Cc1ccc(CCNc2cccnc2)cc1.O=C(O)C(F)(F)F.O=C(O)C(F)(F)F.O=C(O)C(F)(F)F. The van der Waals surface area contributed by atoms with E-state index in [9.17, 15) is 39.5 Å². The summed E-state index contributed by atoms with van der Waals surface area (Å²) < 4.78 is 95.2. The second-order valence-corrected chi connectivity index (χ2v) is 7.61. The molecule has 0 saturated carbocycles. The van der Waals surface area contributed by atoms with Crippen molar-refractivity contribution in [2.75, 3.05) is 25.0 Å². The standard InChI is InChI=1S/C18H25N3.3C2HF3O2/c1-3-21(4-2)15-17-9-7-16(8-10-17)11-13-20-18-6-5-12-19-14-18;3*3-2(4,5)1(6)7/h5-10,12,14,20H,3-4,11,13,15H2,1-2H3;3*(H,6,7). The van der Waals surface area contributed by atoms with E-state index >= 15 is 0 Å². The van der Waals surface area contributed by atoms with Crippen molar-refractivity contribution in [2.45, 2.75) is 45.3 Å². The molecule has 0 amide bonds. The van der Waals surface area contributed by atoms with Gasteiger partial charge in [-0.05, 0) is 42.8 Å². The second-order valence-electron chi connectivity index (χ2n) is 7.61. The smallest absolute Gasteiger partial charge is 0.475 e. The molecule has 0 fully saturated rings. The van der Waals surface area contributed by atoms with E-state index in [1.807, 2.05) is 18.3 Å². The number of nitrogens with zero attached hydrogens (tertiary/aromatic N) is 2. The van der Waals surface area contributed by atoms with Crippen LogP contribution in [-0.4, -0.2) is 81.3 Å². The van der Waals surface area contributed by atoms with Gasteiger partial charge in [-0.3, -0.25) is 9.88 Å². The fourth-order valence-electron chi connectivity index (χ4n) is 2.34. The Morgan fingerprint density at radius 1 is 0.738 bits per heavy atom. The molecular formula is C24H28F9N3O6. The fraction of sp³-hybridized carbons (Fsp3) is 0.417. The second kappa shape index (κ2) is 19.1. The lowest BCUT2D eigenvalue weighted by Gasteiger charge is -2.18. The molecule has 0 aliphatic rings. The molecule has 0 aliphatic carbocycles. The first-order chi connectivity index (χ1) is 19.1. The summed E-state index contributed by atoms with van der Waals surface area (Å²) in [6.07, 6.45) is -10.6. The summed E-state index contributed by atoms with van der Waals surface area (Å²) in [6.45, 7) is 8.60. The number of aromatic nitrogens is 1. The van der Waals surface area contributed by atoms with E-state index in [0.717, 1.165) is 38.3 Å². The molecule has 0 radical (unpaired) electrons. The van der Waals surface area contributed by atoms with E-state index in [1.165, 1.54) is 11.1 Å². The molecule has 1 heterocycles. The van der Waals surface area contributed by atoms with Crippen LogP contribution < -0.4 is 5.32 Å². The van der Waals surface area contributed by atoms with Crippen molar-refractivity contribution in [2.24, 2.45) is 0 Å². The molecular weight excluding hydrogens is 597 g/mol. The van der Waals surface area contributed by atoms with Crippen LogP contribution in [0.1, 0.15) is 25.0 Å². The zero-order valence-corrected chi connectivity index (χ0v) is 22.0. The Hall–Kier alpha value is -4.09. The van der Waals surface area contributed by atoms with Gasteiger partial charge in [-0.25, -0.2) is 14.4 Å². The van der Waals surface area contributed by atoms with Gasteiger partial charge in [0, 0.05) is 25.5 Å². The number of hydrogen-bond donors (Lipinski definition) is 4. The number of nitrogens with one attached hydrogen (secondary N) is 1. The Kier molecular flexibility index (Phi) is 18.2. The van der Waals surface area contributed by atoms with Crippen LogP contribution in [0.4, 0.5) is 45.2 Å². The molecule has 9 nitrogen and oxygen atoms in total. The number of hydrogen-bond acceptors (Lipinski definition) is 6. The monoisotopic (exact) mass is 625 g/mol. The Labute approximate surface area is 233 Å². The van der Waals surface area contributed by atoms with Crippen LogP contribution in [0.2, 0.25) is 0 Å². The maximum Gasteiger partial charge on any atom is 0.490 e. The lowest BCUT2D eigenvalue weighted by Crippen LogP contribution is -2.22. The molecule has 18 heteroatoms. The van der Waals surface area contributed by atoms with Crippen molar-refractivity contribution < 1.29 is 69.2 Å². The summed E-state index contributed by atoms with van der Waals surface area (Å²) in [7, 11) is 0. The zero-order chi connectivity index (χ0) is 33.1. The van der Waals surface area contributed by atoms with Crippen molar-refractivity contribution in [3.05, 3.63) is 59.9 Å². The van der Waals surface area contributed by atoms with Gasteiger partial charge in [0.2, 0.25) is 0 Å². The van der Waals surface area contributed by atoms with Gasteiger partial charge in [0.1, 0.15) is 0 Å². The van der Waals surface area contributed by atoms with Gasteiger partial charge in [-0.1, -0.05) is 38.1 Å². The lowest BCUT2D eigenvalue weighted by molar-refractivity contribution is -0.193. The van der Waals surface area contributed by atoms with Crippen LogP contribution in [0.15, 0.2) is 48.8 Å². The third-order valence-electron chi connectivity index (χ3n) is 4.46. The minimum atomic E-state index is -5.08. The molecule has 1 aromatic carbocycles. The molecule has 4 N–H and O–H groups in total. The molecule has 1 aromatic heterocycles. The number of carboxylic acids is 3. The molecule has 238 valence electrons. The number of anilines is 1. The van der Waals surface area contributed by atoms with Gasteiger partial charge in [0.05, 0.1) is 5.69 Å². The van der Waals surface area contributed by atoms with E-state index in [2.05, 4.69) is 53.3 Å². The number of aliphatic carboxylic acids is 3. The highest BCUT2D eigenvalue weighted by atomic mass is 19.4. The quantitative estimate of drug-likeness (QED) is 0.281. The highest BCUT2D eigenvalue weighted by Gasteiger charge is 2.39. The normalized spacial score (nSPS) is 11.0. The summed E-state index contributed by atoms with van der Waals surface area (Å²) in [5.74, 6) is -8.27. The van der Waals surface area contributed by atoms with E-state index in [1.54, 1.807) is 6.20 Å². The Morgan fingerprint density at radius 3 is 1.43 bits per heavy atom. The summed E-state index contributed by atoms with van der Waals surface area (Å²) in [4.78, 5) is 33.2. The molecule has 2 rings (SSSR count). The van der Waals surface area contributed by atoms with Gasteiger partial charge in [0.15, 0.2) is 0 Å². The molecule has 0 unspecified atom stereocenters. The molecule has 0 atom stereocenters. The first kappa shape index (κ1) is 40.1. The minimum absolute atomic E-state index is 0.932. The van der Waals surface area contributed by atoms with E-state index < -0.39 is 36.4 Å². The maximum atomic E-state index is 10.6. The largest absolute Gasteiger partial charge is 0.490 e. The number of halogens is 9. The third kappa shape index (κ3) is 20.8. The van der Waals surface area contributed by atoms with Crippen LogP contribution in [0.5, 0.6) is 0 Å². The summed E-state index contributed by atoms with van der Waals surface area (Å²) in [5.41, 5.74) is 3.84. The molecule has 0 spiro atoms. The maximum absolute atomic E-state index is 10.6. The highest BCUT2D eigenvalue weighted by Crippen LogP contribution is 2.14. The van der Waals surface area contributed by atoms with Crippen molar-refractivity contribution in [3.63, 3.8) is 0 Å². The van der Waals surface area contributed by atoms with Gasteiger partial charge < -0.3 is 20.6 Å². The van der Waals surface area contributed by atoms with Gasteiger partial charge in [0.25, 0.3) is 0 Å². The number of carboxylic acid groups (broad SMARTS) is 3. The van der Waals surface area contributed by atoms with Crippen molar-refractivity contribution in [1.82, 2.24) is 9.88 Å². The number of rotatable bonds is 8. The van der Waals surface area contributed by atoms with E-state index in [0.29, 0.717) is 0 Å². The van der Waals surface area contributed by atoms with Crippen molar-refractivity contribution >= 4 is 23.6 Å². The van der Waals surface area contributed by atoms with Gasteiger partial charge in [-0.15, -0.1) is 0 Å². The number of benzene rings is 1. The van der Waals surface area contributed by atoms with Crippen LogP contribution in [0.3, 0.4) is 0 Å². The average molecular weight is 625 g/mol. The van der Waals surface area contributed by atoms with Crippen LogP contribution >= 0.6 is 0 Å². The topological polar surface area (TPSA) is 140 Å². The fourth-order valence-corrected chi connectivity index (χ4v) is 2.34. The highest BCUT2D eigenvalue weighted by molar-refractivity contribution is 5.73. The average Bonchev–Trinajstić information content (AvgIpc) is 2.88. The summed E-state index contributed by atoms with van der Waals surface area (Å²) in [5, 5.41) is 24.8. The zero-order valence-electron chi connectivity index (χ0n) is 22.0. The Morgan fingerprint density at radius 2 is 1.12 bits per heavy atom. The Balaban J connectivity index is 0. The molecule has 0 bridgehead atoms. The first-order valence-corrected chi connectivity index (χ1v) is 11.5. The number of pyridine rings is 1. The van der Waals surface area contributed by atoms with Crippen LogP contribution in [0, 0.1) is 0 Å². The number of alkyl halides is 9. The van der Waals surface area contributed by atoms with Gasteiger partial charge in [-0.2, -0.15) is 39.5 Å². The van der Waals surface area contributed by atoms with Crippen molar-refractivity contribution in [1.29, 1.82) is 0 Å². The van der Waals surface area contributed by atoms with E-state index in [-0.39, 0.29) is 0 Å². The number of carbonyl (C=O) groups is 3. The minimum Gasteiger partial charge on any atom is -0.475 e. The van der Waals surface area contributed by atoms with Crippen LogP contribution in [-0.2, 0) is 27.3 Å². The van der Waals surface area contributed by atoms with Crippen molar-refractivity contribution in [3.8, 4) is 0 Å². The predicted octanol–water partition coefficient (Wildman–Crippen LogP) is 5.48. The Bertz CT molecular complexity index is 1000. The third-order valence-corrected chi connectivity index (χ3v) is 4.46. The molecule has 0 saturated heterocycles. The summed E-state index contributed by atoms with van der Waals surface area (Å²) >= 11 is 0. The van der Waals surface area contributed by atoms with Crippen LogP contribution in [0.25, 0.3) is 0 Å². The first-order valence-electron chi connectivity index (χ1n) is 11.5. The molecule has 42 heavy (non-hydrogen) atoms. The predicted molar refractivity (Wildman–Crippen MR) is 131 cm³/mol. The lowest BCUT2D eigenvalue weighted by atomic mass is 10.1. The molecule has 0 aliphatic heterocycles. The van der Waals surface area contributed by atoms with E-state index in [4.69, 9.17) is 29.7 Å². The summed E-state index contributed by atoms with van der Waals surface area (Å²) in [6, 6.07) is 13.0. The molecule has 2 aromatic rings.